The van der Waals surface area contributed by atoms with Crippen LogP contribution in [-0.4, -0.2) is 78.8 Å². The highest BCUT2D eigenvalue weighted by molar-refractivity contribution is 5.89. The highest BCUT2D eigenvalue weighted by atomic mass is 19.1. The molecule has 2 amide bonds. The number of carbonyl (C=O) groups is 2. The highest BCUT2D eigenvalue weighted by Crippen LogP contribution is 2.44. The SMILES string of the molecule is CNC(=O)[C@H]1COC2(CN(C(=O)C3(F)CC3)C2)CN1CC1CC1. The molecule has 4 aliphatic rings. The molecule has 2 heterocycles. The van der Waals surface area contributed by atoms with E-state index >= 15 is 0 Å². The molecule has 6 nitrogen and oxygen atoms in total. The molecule has 0 aromatic heterocycles. The second-order valence-electron chi connectivity index (χ2n) is 7.62. The van der Waals surface area contributed by atoms with Gasteiger partial charge in [0.05, 0.1) is 19.7 Å². The van der Waals surface area contributed by atoms with Gasteiger partial charge in [-0.2, -0.15) is 0 Å². The molecule has 4 rings (SSSR count). The molecule has 0 unspecified atom stereocenters. The molecule has 0 bridgehead atoms. The van der Waals surface area contributed by atoms with Gasteiger partial charge in [0.2, 0.25) is 5.91 Å². The Morgan fingerprint density at radius 2 is 1.96 bits per heavy atom. The lowest BCUT2D eigenvalue weighted by molar-refractivity contribution is -0.207. The summed E-state index contributed by atoms with van der Waals surface area (Å²) in [6.45, 7) is 2.78. The van der Waals surface area contributed by atoms with E-state index in [4.69, 9.17) is 4.74 Å². The number of halogens is 1. The van der Waals surface area contributed by atoms with Crippen molar-refractivity contribution >= 4 is 11.8 Å². The van der Waals surface area contributed by atoms with Crippen LogP contribution in [0, 0.1) is 5.92 Å². The number of morpholine rings is 1. The van der Waals surface area contributed by atoms with E-state index in [2.05, 4.69) is 10.2 Å². The topological polar surface area (TPSA) is 61.9 Å². The molecule has 128 valence electrons. The molecule has 0 radical (unpaired) electrons. The van der Waals surface area contributed by atoms with Crippen LogP contribution in [0.3, 0.4) is 0 Å². The van der Waals surface area contributed by atoms with Gasteiger partial charge in [-0.05, 0) is 31.6 Å². The van der Waals surface area contributed by atoms with E-state index in [1.54, 1.807) is 11.9 Å². The van der Waals surface area contributed by atoms with Gasteiger partial charge in [-0.3, -0.25) is 14.5 Å². The third-order valence-electron chi connectivity index (χ3n) is 5.54. The Hall–Kier alpha value is -1.21. The normalized spacial score (nSPS) is 31.6. The Kier molecular flexibility index (Phi) is 3.43. The number of hydrogen-bond acceptors (Lipinski definition) is 4. The number of rotatable bonds is 4. The van der Waals surface area contributed by atoms with Crippen LogP contribution in [0.5, 0.6) is 0 Å². The maximum atomic E-state index is 13.9. The van der Waals surface area contributed by atoms with E-state index < -0.39 is 11.3 Å². The van der Waals surface area contributed by atoms with Crippen LogP contribution >= 0.6 is 0 Å². The van der Waals surface area contributed by atoms with Gasteiger partial charge in [-0.25, -0.2) is 4.39 Å². The summed E-state index contributed by atoms with van der Waals surface area (Å²) in [6.07, 6.45) is 3.14. The Morgan fingerprint density at radius 3 is 2.52 bits per heavy atom. The first kappa shape index (κ1) is 15.3. The van der Waals surface area contributed by atoms with Crippen molar-refractivity contribution in [2.24, 2.45) is 5.92 Å². The van der Waals surface area contributed by atoms with Gasteiger partial charge in [-0.1, -0.05) is 0 Å². The van der Waals surface area contributed by atoms with Crippen LogP contribution in [0.1, 0.15) is 25.7 Å². The minimum absolute atomic E-state index is 0.0200. The van der Waals surface area contributed by atoms with E-state index in [-0.39, 0.29) is 17.9 Å². The summed E-state index contributed by atoms with van der Waals surface area (Å²) in [5, 5.41) is 2.70. The largest absolute Gasteiger partial charge is 0.368 e. The molecule has 1 N–H and O–H groups in total. The molecule has 4 fully saturated rings. The number of amides is 2. The van der Waals surface area contributed by atoms with E-state index in [0.717, 1.165) is 6.54 Å². The first-order valence-electron chi connectivity index (χ1n) is 8.53. The fourth-order valence-electron chi connectivity index (χ4n) is 3.71. The van der Waals surface area contributed by atoms with Gasteiger partial charge in [0.15, 0.2) is 5.67 Å². The van der Waals surface area contributed by atoms with Crippen LogP contribution in [0.4, 0.5) is 4.39 Å². The molecule has 0 aromatic carbocycles. The van der Waals surface area contributed by atoms with Gasteiger partial charge in [0.25, 0.3) is 5.91 Å². The predicted octanol–water partition coefficient (Wildman–Crippen LogP) is -0.0737. The summed E-state index contributed by atoms with van der Waals surface area (Å²) < 4.78 is 19.9. The van der Waals surface area contributed by atoms with Crippen molar-refractivity contribution in [2.45, 2.75) is 43.0 Å². The van der Waals surface area contributed by atoms with Crippen molar-refractivity contribution in [1.82, 2.24) is 15.1 Å². The van der Waals surface area contributed by atoms with Gasteiger partial charge >= 0.3 is 0 Å². The summed E-state index contributed by atoms with van der Waals surface area (Å²) in [4.78, 5) is 27.9. The van der Waals surface area contributed by atoms with Crippen LogP contribution in [0.25, 0.3) is 0 Å². The Bertz CT molecular complexity index is 527. The Morgan fingerprint density at radius 1 is 1.26 bits per heavy atom. The zero-order valence-electron chi connectivity index (χ0n) is 13.5. The van der Waals surface area contributed by atoms with Crippen molar-refractivity contribution in [1.29, 1.82) is 0 Å². The third kappa shape index (κ3) is 2.74. The lowest BCUT2D eigenvalue weighted by Crippen LogP contribution is -2.74. The van der Waals surface area contributed by atoms with E-state index in [1.165, 1.54) is 12.8 Å². The molecular weight excluding hydrogens is 301 g/mol. The van der Waals surface area contributed by atoms with Gasteiger partial charge in [0, 0.05) is 20.1 Å². The Labute approximate surface area is 135 Å². The number of ether oxygens (including phenoxy) is 1. The van der Waals surface area contributed by atoms with Crippen LogP contribution < -0.4 is 5.32 Å². The zero-order valence-corrected chi connectivity index (χ0v) is 13.5. The van der Waals surface area contributed by atoms with Crippen molar-refractivity contribution in [3.8, 4) is 0 Å². The molecule has 2 aliphatic carbocycles. The van der Waals surface area contributed by atoms with E-state index in [1.807, 2.05) is 0 Å². The van der Waals surface area contributed by atoms with Gasteiger partial charge in [-0.15, -0.1) is 0 Å². The summed E-state index contributed by atoms with van der Waals surface area (Å²) >= 11 is 0. The van der Waals surface area contributed by atoms with Crippen LogP contribution in [-0.2, 0) is 14.3 Å². The lowest BCUT2D eigenvalue weighted by atomic mass is 9.89. The summed E-state index contributed by atoms with van der Waals surface area (Å²) in [6, 6.07) is -0.257. The number of nitrogens with zero attached hydrogens (tertiary/aromatic N) is 2. The van der Waals surface area contributed by atoms with Crippen molar-refractivity contribution in [3.05, 3.63) is 0 Å². The minimum atomic E-state index is -1.60. The van der Waals surface area contributed by atoms with E-state index in [0.29, 0.717) is 45.0 Å². The average molecular weight is 325 g/mol. The molecule has 1 spiro atoms. The average Bonchev–Trinajstić information content (AvgIpc) is 3.42. The second kappa shape index (κ2) is 5.14. The highest BCUT2D eigenvalue weighted by Gasteiger charge is 2.59. The van der Waals surface area contributed by atoms with Crippen molar-refractivity contribution in [3.63, 3.8) is 0 Å². The maximum absolute atomic E-state index is 13.9. The number of hydrogen-bond donors (Lipinski definition) is 1. The monoisotopic (exact) mass is 325 g/mol. The minimum Gasteiger partial charge on any atom is -0.368 e. The standard InChI is InChI=1S/C16H24FN3O3/c1-18-13(21)12-7-23-15(8-19(12)6-11-2-3-11)9-20(10-15)14(22)16(17)4-5-16/h11-12H,2-10H2,1H3,(H,18,21)/t12-/m1/s1. The summed E-state index contributed by atoms with van der Waals surface area (Å²) in [5.74, 6) is 0.276. The summed E-state index contributed by atoms with van der Waals surface area (Å²) in [5.41, 5.74) is -2.02. The second-order valence-corrected chi connectivity index (χ2v) is 7.62. The number of carbonyl (C=O) groups excluding carboxylic acids is 2. The molecule has 1 atom stereocenters. The van der Waals surface area contributed by atoms with E-state index in [9.17, 15) is 14.0 Å². The first-order chi connectivity index (χ1) is 10.9. The van der Waals surface area contributed by atoms with Gasteiger partial charge < -0.3 is 15.0 Å². The van der Waals surface area contributed by atoms with Crippen molar-refractivity contribution < 1.29 is 18.7 Å². The molecular formula is C16H24FN3O3. The number of nitrogens with one attached hydrogen (secondary N) is 1. The smallest absolute Gasteiger partial charge is 0.260 e. The molecule has 2 saturated heterocycles. The number of alkyl halides is 1. The van der Waals surface area contributed by atoms with Gasteiger partial charge in [0.1, 0.15) is 11.6 Å². The van der Waals surface area contributed by atoms with Crippen LogP contribution in [0.2, 0.25) is 0 Å². The van der Waals surface area contributed by atoms with Crippen molar-refractivity contribution in [2.75, 3.05) is 39.8 Å². The number of likely N-dealkylation sites (tertiary alicyclic amines) is 1. The fraction of sp³-hybridized carbons (Fsp3) is 0.875. The molecule has 0 aromatic rings. The third-order valence-corrected chi connectivity index (χ3v) is 5.54. The fourth-order valence-corrected chi connectivity index (χ4v) is 3.71. The summed E-state index contributed by atoms with van der Waals surface area (Å²) in [7, 11) is 1.64. The first-order valence-corrected chi connectivity index (χ1v) is 8.53. The molecule has 23 heavy (non-hydrogen) atoms. The Balaban J connectivity index is 1.39. The molecule has 7 heteroatoms. The van der Waals surface area contributed by atoms with Crippen LogP contribution in [0.15, 0.2) is 0 Å². The quantitative estimate of drug-likeness (QED) is 0.786. The predicted molar refractivity (Wildman–Crippen MR) is 80.5 cm³/mol. The maximum Gasteiger partial charge on any atom is 0.260 e. The molecule has 2 saturated carbocycles. The molecule has 2 aliphatic heterocycles. The lowest BCUT2D eigenvalue weighted by Gasteiger charge is -2.55. The zero-order chi connectivity index (χ0) is 16.2. The number of likely N-dealkylation sites (N-methyl/N-ethyl adjacent to an activating group) is 1.